The summed E-state index contributed by atoms with van der Waals surface area (Å²) in [6, 6.07) is 10.5. The molecule has 0 saturated heterocycles. The number of benzene rings is 2. The quantitative estimate of drug-likeness (QED) is 0.359. The third-order valence-corrected chi connectivity index (χ3v) is 4.73. The number of hydrogen-bond acceptors (Lipinski definition) is 5. The van der Waals surface area contributed by atoms with Gasteiger partial charge < -0.3 is 8.92 Å². The van der Waals surface area contributed by atoms with Gasteiger partial charge in [0.2, 0.25) is 0 Å². The van der Waals surface area contributed by atoms with Gasteiger partial charge in [-0.05, 0) is 49.6 Å². The van der Waals surface area contributed by atoms with Crippen LogP contribution < -0.4 is 4.18 Å². The molecule has 0 fully saturated rings. The predicted molar refractivity (Wildman–Crippen MR) is 102 cm³/mol. The van der Waals surface area contributed by atoms with Crippen LogP contribution in [0.25, 0.3) is 11.1 Å². The van der Waals surface area contributed by atoms with E-state index in [0.717, 1.165) is 6.07 Å². The van der Waals surface area contributed by atoms with Gasteiger partial charge in [0.15, 0.2) is 5.75 Å². The Kier molecular flexibility index (Phi) is 6.54. The first-order valence-corrected chi connectivity index (χ1v) is 10.1. The maximum absolute atomic E-state index is 12.4. The third-order valence-electron chi connectivity index (χ3n) is 3.47. The summed E-state index contributed by atoms with van der Waals surface area (Å²) in [6.45, 7) is 5.31. The smallest absolute Gasteiger partial charge is 0.460 e. The Morgan fingerprint density at radius 1 is 1.00 bits per heavy atom. The van der Waals surface area contributed by atoms with Gasteiger partial charge in [-0.1, -0.05) is 41.9 Å². The highest BCUT2D eigenvalue weighted by molar-refractivity contribution is 7.88. The zero-order valence-corrected chi connectivity index (χ0v) is 17.3. The Morgan fingerprint density at radius 2 is 1.55 bits per heavy atom. The van der Waals surface area contributed by atoms with Crippen LogP contribution in [0.3, 0.4) is 0 Å². The second-order valence-electron chi connectivity index (χ2n) is 7.09. The van der Waals surface area contributed by atoms with Crippen molar-refractivity contribution in [2.45, 2.75) is 38.3 Å². The van der Waals surface area contributed by atoms with Crippen molar-refractivity contribution in [3.05, 3.63) is 53.1 Å². The molecule has 0 aliphatic carbocycles. The molecule has 0 heterocycles. The first-order chi connectivity index (χ1) is 13.2. The molecular weight excluding hydrogens is 433 g/mol. The number of ether oxygens (including phenoxy) is 1. The fourth-order valence-electron chi connectivity index (χ4n) is 2.27. The fourth-order valence-corrected chi connectivity index (χ4v) is 3.01. The fraction of sp³-hybridized carbons (Fsp3) is 0.316. The summed E-state index contributed by atoms with van der Waals surface area (Å²) < 4.78 is 68.8. The van der Waals surface area contributed by atoms with E-state index in [1.165, 1.54) is 12.1 Å². The molecule has 2 rings (SSSR count). The lowest BCUT2D eigenvalue weighted by Gasteiger charge is -2.19. The maximum atomic E-state index is 12.4. The predicted octanol–water partition coefficient (Wildman–Crippen LogP) is 5.12. The molecule has 0 saturated carbocycles. The average molecular weight is 451 g/mol. The van der Waals surface area contributed by atoms with Gasteiger partial charge in [0.05, 0.1) is 11.4 Å². The monoisotopic (exact) mass is 450 g/mol. The highest BCUT2D eigenvalue weighted by atomic mass is 35.5. The molecule has 0 unspecified atom stereocenters. The third kappa shape index (κ3) is 6.37. The van der Waals surface area contributed by atoms with E-state index < -0.39 is 27.0 Å². The van der Waals surface area contributed by atoms with Gasteiger partial charge in [-0.2, -0.15) is 21.6 Å². The van der Waals surface area contributed by atoms with E-state index in [1.54, 1.807) is 45.0 Å². The summed E-state index contributed by atoms with van der Waals surface area (Å²) in [5, 5.41) is -0.298. The highest BCUT2D eigenvalue weighted by Gasteiger charge is 2.48. The first-order valence-electron chi connectivity index (χ1n) is 8.29. The zero-order valence-electron chi connectivity index (χ0n) is 15.7. The van der Waals surface area contributed by atoms with E-state index in [9.17, 15) is 26.4 Å². The van der Waals surface area contributed by atoms with Gasteiger partial charge in [-0.3, -0.25) is 4.79 Å². The summed E-state index contributed by atoms with van der Waals surface area (Å²) in [7, 11) is -5.81. The van der Waals surface area contributed by atoms with Gasteiger partial charge in [0.1, 0.15) is 5.60 Å². The lowest BCUT2D eigenvalue weighted by Crippen LogP contribution is -2.28. The lowest BCUT2D eigenvalue weighted by atomic mass is 10.0. The molecule has 0 radical (unpaired) electrons. The van der Waals surface area contributed by atoms with Crippen molar-refractivity contribution in [2.75, 3.05) is 0 Å². The van der Waals surface area contributed by atoms with Gasteiger partial charge in [-0.25, -0.2) is 0 Å². The zero-order chi connectivity index (χ0) is 22.0. The number of rotatable bonds is 5. The number of carbonyl (C=O) groups is 1. The molecule has 158 valence electrons. The minimum Gasteiger partial charge on any atom is -0.460 e. The average Bonchev–Trinajstić information content (AvgIpc) is 2.54. The van der Waals surface area contributed by atoms with E-state index in [0.29, 0.717) is 16.7 Å². The molecule has 10 heteroatoms. The normalized spacial score (nSPS) is 12.5. The molecule has 2 aromatic carbocycles. The van der Waals surface area contributed by atoms with Crippen LogP contribution in [0.15, 0.2) is 42.5 Å². The van der Waals surface area contributed by atoms with E-state index in [4.69, 9.17) is 16.3 Å². The number of halogens is 4. The van der Waals surface area contributed by atoms with Crippen molar-refractivity contribution in [3.8, 4) is 16.9 Å². The topological polar surface area (TPSA) is 69.7 Å². The molecular formula is C19H18ClF3O5S. The van der Waals surface area contributed by atoms with Crippen molar-refractivity contribution in [1.82, 2.24) is 0 Å². The van der Waals surface area contributed by atoms with Crippen LogP contribution >= 0.6 is 11.6 Å². The Bertz CT molecular complexity index is 994. The summed E-state index contributed by atoms with van der Waals surface area (Å²) in [4.78, 5) is 11.9. The number of carbonyl (C=O) groups excluding carboxylic acids is 1. The molecule has 2 aromatic rings. The number of hydrogen-bond donors (Lipinski definition) is 0. The van der Waals surface area contributed by atoms with Crippen LogP contribution in [0.4, 0.5) is 13.2 Å². The van der Waals surface area contributed by atoms with Crippen molar-refractivity contribution in [3.63, 3.8) is 0 Å². The van der Waals surface area contributed by atoms with Crippen LogP contribution in [0, 0.1) is 0 Å². The van der Waals surface area contributed by atoms with Crippen LogP contribution in [-0.2, 0) is 26.1 Å². The van der Waals surface area contributed by atoms with E-state index in [1.807, 2.05) is 0 Å². The Balaban J connectivity index is 2.16. The van der Waals surface area contributed by atoms with Crippen LogP contribution in [0.2, 0.25) is 5.02 Å². The largest absolute Gasteiger partial charge is 0.534 e. The Morgan fingerprint density at radius 3 is 2.03 bits per heavy atom. The van der Waals surface area contributed by atoms with Crippen molar-refractivity contribution >= 4 is 27.7 Å². The molecule has 0 aromatic heterocycles. The molecule has 0 atom stereocenters. The minimum atomic E-state index is -5.81. The van der Waals surface area contributed by atoms with Gasteiger partial charge in [-0.15, -0.1) is 0 Å². The van der Waals surface area contributed by atoms with E-state index in [-0.39, 0.29) is 17.4 Å². The van der Waals surface area contributed by atoms with E-state index >= 15 is 0 Å². The van der Waals surface area contributed by atoms with Gasteiger partial charge >= 0.3 is 21.6 Å². The van der Waals surface area contributed by atoms with Gasteiger partial charge in [0, 0.05) is 0 Å². The lowest BCUT2D eigenvalue weighted by molar-refractivity contribution is -0.153. The minimum absolute atomic E-state index is 0.0837. The van der Waals surface area contributed by atoms with Crippen molar-refractivity contribution in [1.29, 1.82) is 0 Å². The molecule has 0 N–H and O–H groups in total. The molecule has 0 aliphatic rings. The highest BCUT2D eigenvalue weighted by Crippen LogP contribution is 2.34. The van der Waals surface area contributed by atoms with Crippen LogP contribution in [0.5, 0.6) is 5.75 Å². The summed E-state index contributed by atoms with van der Waals surface area (Å²) >= 11 is 5.88. The second-order valence-corrected chi connectivity index (χ2v) is 9.03. The van der Waals surface area contributed by atoms with Crippen molar-refractivity contribution in [2.24, 2.45) is 0 Å². The van der Waals surface area contributed by atoms with E-state index in [2.05, 4.69) is 4.18 Å². The number of alkyl halides is 3. The summed E-state index contributed by atoms with van der Waals surface area (Å²) in [5.74, 6) is -1.00. The molecule has 0 bridgehead atoms. The molecule has 0 aliphatic heterocycles. The van der Waals surface area contributed by atoms with Crippen molar-refractivity contribution < 1.29 is 35.3 Å². The molecule has 29 heavy (non-hydrogen) atoms. The maximum Gasteiger partial charge on any atom is 0.534 e. The summed E-state index contributed by atoms with van der Waals surface area (Å²) in [5.41, 5.74) is -4.25. The Hall–Kier alpha value is -2.26. The standard InChI is InChI=1S/C19H18ClF3O5S/c1-18(2,3)27-17(24)10-12-4-6-13(7-5-12)14-8-9-16(15(20)11-14)28-29(25,26)19(21,22)23/h4-9,11H,10H2,1-3H3. The molecule has 5 nitrogen and oxygen atoms in total. The number of esters is 1. The second kappa shape index (κ2) is 8.23. The first kappa shape index (κ1) is 23.0. The Labute approximate surface area is 171 Å². The summed E-state index contributed by atoms with van der Waals surface area (Å²) in [6.07, 6.45) is 0.0837. The van der Waals surface area contributed by atoms with Crippen LogP contribution in [0.1, 0.15) is 26.3 Å². The SMILES string of the molecule is CC(C)(C)OC(=O)Cc1ccc(-c2ccc(OS(=O)(=O)C(F)(F)F)c(Cl)c2)cc1. The van der Waals surface area contributed by atoms with Gasteiger partial charge in [0.25, 0.3) is 0 Å². The molecule has 0 amide bonds. The van der Waals surface area contributed by atoms with Crippen LogP contribution in [-0.4, -0.2) is 25.5 Å². The molecule has 0 spiro atoms.